The molecule has 1 aromatic carbocycles. The molecule has 0 aromatic heterocycles. The Bertz CT molecular complexity index is 386. The van der Waals surface area contributed by atoms with Gasteiger partial charge in [-0.15, -0.1) is 0 Å². The van der Waals surface area contributed by atoms with Gasteiger partial charge in [0.15, 0.2) is 0 Å². The quantitative estimate of drug-likeness (QED) is 0.330. The Morgan fingerprint density at radius 2 is 2.00 bits per heavy atom. The van der Waals surface area contributed by atoms with Gasteiger partial charge >= 0.3 is 5.97 Å². The summed E-state index contributed by atoms with van der Waals surface area (Å²) in [4.78, 5) is 21.3. The van der Waals surface area contributed by atoms with E-state index in [1.54, 1.807) is 12.1 Å². The van der Waals surface area contributed by atoms with E-state index in [0.717, 1.165) is 18.4 Å². The molecular formula is C12H15NO4. The molecule has 0 bridgehead atoms. The molecule has 5 heteroatoms. The monoisotopic (exact) mass is 237 g/mol. The zero-order chi connectivity index (χ0) is 12.7. The number of nitro benzene ring substituents is 1. The average molecular weight is 237 g/mol. The van der Waals surface area contributed by atoms with Crippen LogP contribution in [0.5, 0.6) is 0 Å². The number of esters is 1. The Hall–Kier alpha value is -1.91. The summed E-state index contributed by atoms with van der Waals surface area (Å²) in [6.45, 7) is 2.45. The molecule has 0 heterocycles. The molecule has 17 heavy (non-hydrogen) atoms. The van der Waals surface area contributed by atoms with E-state index in [9.17, 15) is 14.9 Å². The van der Waals surface area contributed by atoms with Crippen LogP contribution in [0.3, 0.4) is 0 Å². The van der Waals surface area contributed by atoms with E-state index in [-0.39, 0.29) is 18.1 Å². The van der Waals surface area contributed by atoms with Crippen molar-refractivity contribution in [3.63, 3.8) is 0 Å². The molecule has 1 rings (SSSR count). The van der Waals surface area contributed by atoms with Crippen LogP contribution in [-0.4, -0.2) is 17.5 Å². The van der Waals surface area contributed by atoms with Crippen molar-refractivity contribution in [3.8, 4) is 0 Å². The summed E-state index contributed by atoms with van der Waals surface area (Å²) in [6.07, 6.45) is 1.98. The van der Waals surface area contributed by atoms with E-state index in [1.807, 2.05) is 6.92 Å². The van der Waals surface area contributed by atoms with Crippen LogP contribution < -0.4 is 0 Å². The minimum atomic E-state index is -0.469. The Morgan fingerprint density at radius 3 is 2.53 bits per heavy atom. The topological polar surface area (TPSA) is 69.4 Å². The second-order valence-electron chi connectivity index (χ2n) is 3.67. The summed E-state index contributed by atoms with van der Waals surface area (Å²) in [5.74, 6) is -0.299. The van der Waals surface area contributed by atoms with Crippen LogP contribution in [-0.2, 0) is 16.0 Å². The third kappa shape index (κ3) is 4.63. The molecule has 0 saturated carbocycles. The third-order valence-electron chi connectivity index (χ3n) is 2.26. The minimum absolute atomic E-state index is 0.0214. The van der Waals surface area contributed by atoms with Gasteiger partial charge < -0.3 is 4.74 Å². The van der Waals surface area contributed by atoms with E-state index in [1.165, 1.54) is 12.1 Å². The Kier molecular flexibility index (Phi) is 5.13. The fraction of sp³-hybridized carbons (Fsp3) is 0.417. The lowest BCUT2D eigenvalue weighted by atomic mass is 10.1. The Labute approximate surface area is 99.5 Å². The molecule has 0 N–H and O–H groups in total. The SMILES string of the molecule is CCCCOC(=O)Cc1ccc([N+](=O)[O-])cc1. The summed E-state index contributed by atoms with van der Waals surface area (Å²) in [5, 5.41) is 10.4. The second kappa shape index (κ2) is 6.62. The average Bonchev–Trinajstić information content (AvgIpc) is 2.30. The van der Waals surface area contributed by atoms with E-state index in [0.29, 0.717) is 6.61 Å². The standard InChI is InChI=1S/C12H15NO4/c1-2-3-8-17-12(14)9-10-4-6-11(7-5-10)13(15)16/h4-7H,2-3,8-9H2,1H3. The molecule has 0 atom stereocenters. The highest BCUT2D eigenvalue weighted by Crippen LogP contribution is 2.12. The maximum Gasteiger partial charge on any atom is 0.310 e. The molecule has 0 amide bonds. The molecule has 0 saturated heterocycles. The van der Waals surface area contributed by atoms with E-state index in [2.05, 4.69) is 0 Å². The highest BCUT2D eigenvalue weighted by molar-refractivity contribution is 5.72. The highest BCUT2D eigenvalue weighted by Gasteiger charge is 2.07. The first-order chi connectivity index (χ1) is 8.13. The molecule has 0 radical (unpaired) electrons. The molecule has 0 aliphatic carbocycles. The number of carbonyl (C=O) groups is 1. The number of ether oxygens (including phenoxy) is 1. The van der Waals surface area contributed by atoms with Crippen molar-refractivity contribution in [3.05, 3.63) is 39.9 Å². The predicted octanol–water partition coefficient (Wildman–Crippen LogP) is 2.48. The molecule has 5 nitrogen and oxygen atoms in total. The lowest BCUT2D eigenvalue weighted by Gasteiger charge is -2.03. The molecule has 0 unspecified atom stereocenters. The number of rotatable bonds is 6. The maximum absolute atomic E-state index is 11.3. The van der Waals surface area contributed by atoms with Crippen LogP contribution in [0.25, 0.3) is 0 Å². The first kappa shape index (κ1) is 13.2. The van der Waals surface area contributed by atoms with Crippen LogP contribution in [0.2, 0.25) is 0 Å². The van der Waals surface area contributed by atoms with Gasteiger partial charge in [0, 0.05) is 12.1 Å². The van der Waals surface area contributed by atoms with Crippen LogP contribution in [0, 0.1) is 10.1 Å². The number of unbranched alkanes of at least 4 members (excludes halogenated alkanes) is 1. The third-order valence-corrected chi connectivity index (χ3v) is 2.26. The van der Waals surface area contributed by atoms with Crippen molar-refractivity contribution in [2.24, 2.45) is 0 Å². The first-order valence-corrected chi connectivity index (χ1v) is 5.52. The van der Waals surface area contributed by atoms with Crippen molar-refractivity contribution in [2.45, 2.75) is 26.2 Å². The Morgan fingerprint density at radius 1 is 1.35 bits per heavy atom. The normalized spacial score (nSPS) is 9.94. The molecular weight excluding hydrogens is 222 g/mol. The van der Waals surface area contributed by atoms with Gasteiger partial charge in [-0.2, -0.15) is 0 Å². The minimum Gasteiger partial charge on any atom is -0.465 e. The summed E-state index contributed by atoms with van der Waals surface area (Å²) in [5.41, 5.74) is 0.741. The fourth-order valence-electron chi connectivity index (χ4n) is 1.28. The predicted molar refractivity (Wildman–Crippen MR) is 62.7 cm³/mol. The van der Waals surface area contributed by atoms with Crippen molar-refractivity contribution in [2.75, 3.05) is 6.61 Å². The van der Waals surface area contributed by atoms with Crippen molar-refractivity contribution in [1.82, 2.24) is 0 Å². The fourth-order valence-corrected chi connectivity index (χ4v) is 1.28. The van der Waals surface area contributed by atoms with Crippen LogP contribution in [0.4, 0.5) is 5.69 Å². The molecule has 0 fully saturated rings. The smallest absolute Gasteiger partial charge is 0.310 e. The van der Waals surface area contributed by atoms with Crippen molar-refractivity contribution < 1.29 is 14.5 Å². The summed E-state index contributed by atoms with van der Waals surface area (Å²) in [7, 11) is 0. The molecule has 0 aliphatic rings. The molecule has 1 aromatic rings. The van der Waals surface area contributed by atoms with E-state index < -0.39 is 4.92 Å². The summed E-state index contributed by atoms with van der Waals surface area (Å²) < 4.78 is 4.99. The second-order valence-corrected chi connectivity index (χ2v) is 3.67. The van der Waals surface area contributed by atoms with Gasteiger partial charge in [0.25, 0.3) is 5.69 Å². The number of nitrogens with zero attached hydrogens (tertiary/aromatic N) is 1. The van der Waals surface area contributed by atoms with Gasteiger partial charge in [0.1, 0.15) is 0 Å². The lowest BCUT2D eigenvalue weighted by Crippen LogP contribution is -2.08. The van der Waals surface area contributed by atoms with E-state index >= 15 is 0 Å². The van der Waals surface area contributed by atoms with Gasteiger partial charge in [-0.05, 0) is 12.0 Å². The van der Waals surface area contributed by atoms with Gasteiger partial charge in [0.2, 0.25) is 0 Å². The number of benzene rings is 1. The highest BCUT2D eigenvalue weighted by atomic mass is 16.6. The Balaban J connectivity index is 2.46. The zero-order valence-electron chi connectivity index (χ0n) is 9.72. The number of carbonyl (C=O) groups excluding carboxylic acids is 1. The zero-order valence-corrected chi connectivity index (χ0v) is 9.72. The summed E-state index contributed by atoms with van der Waals surface area (Å²) >= 11 is 0. The van der Waals surface area contributed by atoms with E-state index in [4.69, 9.17) is 4.74 Å². The largest absolute Gasteiger partial charge is 0.465 e. The molecule has 92 valence electrons. The van der Waals surface area contributed by atoms with Gasteiger partial charge in [0.05, 0.1) is 18.0 Å². The van der Waals surface area contributed by atoms with Gasteiger partial charge in [-0.1, -0.05) is 25.5 Å². The number of hydrogen-bond donors (Lipinski definition) is 0. The van der Waals surface area contributed by atoms with Gasteiger partial charge in [-0.25, -0.2) is 0 Å². The number of hydrogen-bond acceptors (Lipinski definition) is 4. The van der Waals surface area contributed by atoms with Gasteiger partial charge in [-0.3, -0.25) is 14.9 Å². The lowest BCUT2D eigenvalue weighted by molar-refractivity contribution is -0.384. The first-order valence-electron chi connectivity index (χ1n) is 5.52. The van der Waals surface area contributed by atoms with Crippen molar-refractivity contribution in [1.29, 1.82) is 0 Å². The van der Waals surface area contributed by atoms with Crippen LogP contribution in [0.15, 0.2) is 24.3 Å². The molecule has 0 aliphatic heterocycles. The number of nitro groups is 1. The number of non-ortho nitro benzene ring substituents is 1. The summed E-state index contributed by atoms with van der Waals surface area (Å²) in [6, 6.07) is 5.90. The molecule has 0 spiro atoms. The van der Waals surface area contributed by atoms with Crippen LogP contribution in [0.1, 0.15) is 25.3 Å². The van der Waals surface area contributed by atoms with Crippen molar-refractivity contribution >= 4 is 11.7 Å². The van der Waals surface area contributed by atoms with Crippen LogP contribution >= 0.6 is 0 Å². The maximum atomic E-state index is 11.3.